The second kappa shape index (κ2) is 15.5. The van der Waals surface area contributed by atoms with Gasteiger partial charge in [-0.3, -0.25) is 9.97 Å². The fourth-order valence-electron chi connectivity index (χ4n) is 7.63. The Bertz CT molecular complexity index is 2630. The van der Waals surface area contributed by atoms with Crippen LogP contribution in [0.25, 0.3) is 32.9 Å². The maximum Gasteiger partial charge on any atom is 0.339 e. The molecule has 7 aromatic rings. The lowest BCUT2D eigenvalue weighted by Gasteiger charge is -2.10. The number of methoxy groups -OCH3 is 2. The number of aromatic nitrogens is 4. The van der Waals surface area contributed by atoms with E-state index in [1.54, 1.807) is 0 Å². The van der Waals surface area contributed by atoms with Crippen molar-refractivity contribution >= 4 is 49.7 Å². The van der Waals surface area contributed by atoms with E-state index in [4.69, 9.17) is 9.47 Å². The van der Waals surface area contributed by atoms with E-state index in [1.165, 1.54) is 73.0 Å². The van der Waals surface area contributed by atoms with E-state index in [-0.39, 0.29) is 11.9 Å². The van der Waals surface area contributed by atoms with Crippen molar-refractivity contribution < 1.29 is 19.1 Å². The molecular weight excluding hydrogens is 764 g/mol. The average molecular weight is 810 g/mol. The normalized spacial score (nSPS) is 13.8. The molecule has 284 valence electrons. The van der Waals surface area contributed by atoms with Crippen molar-refractivity contribution in [3.63, 3.8) is 0 Å². The van der Waals surface area contributed by atoms with Crippen LogP contribution in [0.1, 0.15) is 97.4 Å². The fourth-order valence-corrected chi connectivity index (χ4v) is 8.26. The maximum atomic E-state index is 12.4. The fraction of sp³-hybridized carbons (Fsp3) is 0.277. The number of carbonyl (C=O) groups excluding carboxylic acids is 2. The number of aryl methyl sites for hydroxylation is 3. The summed E-state index contributed by atoms with van der Waals surface area (Å²) in [7, 11) is 6.96. The van der Waals surface area contributed by atoms with E-state index in [1.807, 2.05) is 31.6 Å². The molecule has 0 N–H and O–H groups in total. The Kier molecular flexibility index (Phi) is 10.4. The molecule has 2 aliphatic rings. The molecule has 8 nitrogen and oxygen atoms in total. The molecule has 2 saturated carbocycles. The first-order valence-electron chi connectivity index (χ1n) is 19.1. The topological polar surface area (TPSA) is 88.2 Å². The Morgan fingerprint density at radius 3 is 1.73 bits per heavy atom. The number of carbonyl (C=O) groups is 2. The number of rotatable bonds is 9. The number of esters is 2. The third-order valence-corrected chi connectivity index (χ3v) is 11.7. The molecule has 0 aliphatic heterocycles. The Labute approximate surface area is 335 Å². The van der Waals surface area contributed by atoms with Gasteiger partial charge in [-0.2, -0.15) is 0 Å². The van der Waals surface area contributed by atoms with Gasteiger partial charge in [-0.05, 0) is 125 Å². The Balaban J connectivity index is 0.000000161. The van der Waals surface area contributed by atoms with Crippen molar-refractivity contribution in [1.82, 2.24) is 19.1 Å². The first-order valence-corrected chi connectivity index (χ1v) is 19.9. The van der Waals surface area contributed by atoms with E-state index < -0.39 is 0 Å². The van der Waals surface area contributed by atoms with Gasteiger partial charge in [-0.1, -0.05) is 42.0 Å². The first kappa shape index (κ1) is 37.4. The highest BCUT2D eigenvalue weighted by Crippen LogP contribution is 2.41. The molecule has 0 atom stereocenters. The van der Waals surface area contributed by atoms with E-state index in [0.717, 1.165) is 43.5 Å². The largest absolute Gasteiger partial charge is 0.465 e. The smallest absolute Gasteiger partial charge is 0.339 e. The summed E-state index contributed by atoms with van der Waals surface area (Å²) in [5.41, 5.74) is 13.3. The number of halogens is 1. The Morgan fingerprint density at radius 1 is 0.696 bits per heavy atom. The molecule has 4 heterocycles. The van der Waals surface area contributed by atoms with E-state index in [2.05, 4.69) is 122 Å². The van der Waals surface area contributed by atoms with Gasteiger partial charge < -0.3 is 18.6 Å². The number of hydrogen-bond acceptors (Lipinski definition) is 6. The lowest BCUT2D eigenvalue weighted by Crippen LogP contribution is -2.09. The van der Waals surface area contributed by atoms with Crippen molar-refractivity contribution in [3.05, 3.63) is 152 Å². The van der Waals surface area contributed by atoms with Crippen LogP contribution in [-0.2, 0) is 36.4 Å². The maximum absolute atomic E-state index is 12.4. The molecule has 2 aliphatic carbocycles. The third kappa shape index (κ3) is 7.78. The van der Waals surface area contributed by atoms with Crippen LogP contribution in [0.15, 0.2) is 102 Å². The van der Waals surface area contributed by atoms with Crippen LogP contribution in [0.3, 0.4) is 0 Å². The second-order valence-electron chi connectivity index (χ2n) is 15.2. The lowest BCUT2D eigenvalue weighted by atomic mass is 9.98. The minimum atomic E-state index is -0.314. The number of ether oxygens (including phenoxy) is 2. The minimum Gasteiger partial charge on any atom is -0.465 e. The monoisotopic (exact) mass is 808 g/mol. The number of nitrogens with zero attached hydrogens (tertiary/aromatic N) is 4. The van der Waals surface area contributed by atoms with Crippen LogP contribution in [-0.4, -0.2) is 45.3 Å². The molecule has 0 bridgehead atoms. The molecule has 9 rings (SSSR count). The summed E-state index contributed by atoms with van der Waals surface area (Å²) in [6.07, 6.45) is 14.0. The predicted molar refractivity (Wildman–Crippen MR) is 224 cm³/mol. The molecule has 9 heteroatoms. The summed E-state index contributed by atoms with van der Waals surface area (Å²) in [5.74, 6) is 0.474. The highest BCUT2D eigenvalue weighted by atomic mass is 79.9. The zero-order valence-corrected chi connectivity index (χ0v) is 34.0. The standard InChI is InChI=1S/C27H26N2O2.C20H19BrN2O2/c1-17-5-4-6-20(11-17)24-16-29(2)26-10-7-18(12-22(24)26)13-25-23(27(30)31-3)14-21(15-28-25)19-8-9-19;1-23-11-17(21)15-7-12(3-6-19(15)23)8-18-16(20(24)25-2)9-14(10-22-18)13-4-5-13/h4-7,10-12,14-16,19H,8-9,13H2,1-3H3;3,6-7,9-11,13H,4-5,8H2,1-2H3. The predicted octanol–water partition coefficient (Wildman–Crippen LogP) is 10.4. The van der Waals surface area contributed by atoms with Gasteiger partial charge >= 0.3 is 11.9 Å². The molecule has 0 spiro atoms. The summed E-state index contributed by atoms with van der Waals surface area (Å²) in [4.78, 5) is 33.9. The summed E-state index contributed by atoms with van der Waals surface area (Å²) in [6, 6.07) is 25.4. The summed E-state index contributed by atoms with van der Waals surface area (Å²) in [5, 5.41) is 2.37. The zero-order valence-electron chi connectivity index (χ0n) is 32.4. The molecule has 56 heavy (non-hydrogen) atoms. The van der Waals surface area contributed by atoms with Gasteiger partial charge in [-0.15, -0.1) is 0 Å². The molecular formula is C47H45BrN4O4. The van der Waals surface area contributed by atoms with Crippen LogP contribution in [0.2, 0.25) is 0 Å². The van der Waals surface area contributed by atoms with Crippen molar-refractivity contribution in [1.29, 1.82) is 0 Å². The summed E-state index contributed by atoms with van der Waals surface area (Å²) < 4.78 is 15.3. The van der Waals surface area contributed by atoms with E-state index >= 15 is 0 Å². The molecule has 0 saturated heterocycles. The van der Waals surface area contributed by atoms with Crippen LogP contribution in [0.5, 0.6) is 0 Å². The summed E-state index contributed by atoms with van der Waals surface area (Å²) in [6.45, 7) is 2.12. The van der Waals surface area contributed by atoms with Crippen molar-refractivity contribution in [2.24, 2.45) is 14.1 Å². The quantitative estimate of drug-likeness (QED) is 0.135. The highest BCUT2D eigenvalue weighted by Gasteiger charge is 2.27. The molecule has 3 aromatic carbocycles. The number of benzene rings is 3. The second-order valence-corrected chi connectivity index (χ2v) is 16.1. The van der Waals surface area contributed by atoms with Crippen LogP contribution < -0.4 is 0 Å². The molecule has 2 fully saturated rings. The third-order valence-electron chi connectivity index (χ3n) is 11.0. The minimum absolute atomic E-state index is 0.313. The Morgan fingerprint density at radius 2 is 1.21 bits per heavy atom. The van der Waals surface area contributed by atoms with Crippen molar-refractivity contribution in [3.8, 4) is 11.1 Å². The van der Waals surface area contributed by atoms with Gasteiger partial charge in [0, 0.05) is 83.6 Å². The van der Waals surface area contributed by atoms with Gasteiger partial charge in [0.1, 0.15) is 0 Å². The van der Waals surface area contributed by atoms with E-state index in [0.29, 0.717) is 35.8 Å². The first-order chi connectivity index (χ1) is 27.1. The van der Waals surface area contributed by atoms with Gasteiger partial charge in [0.25, 0.3) is 0 Å². The molecule has 0 radical (unpaired) electrons. The van der Waals surface area contributed by atoms with Crippen molar-refractivity contribution in [2.75, 3.05) is 14.2 Å². The van der Waals surface area contributed by atoms with Crippen LogP contribution in [0.4, 0.5) is 0 Å². The van der Waals surface area contributed by atoms with Gasteiger partial charge in [0.2, 0.25) is 0 Å². The Hall–Kier alpha value is -5.54. The number of fused-ring (bicyclic) bond motifs is 2. The van der Waals surface area contributed by atoms with Gasteiger partial charge in [0.15, 0.2) is 0 Å². The van der Waals surface area contributed by atoms with Gasteiger partial charge in [-0.25, -0.2) is 9.59 Å². The molecule has 4 aromatic heterocycles. The van der Waals surface area contributed by atoms with Gasteiger partial charge in [0.05, 0.1) is 36.7 Å². The lowest BCUT2D eigenvalue weighted by molar-refractivity contribution is 0.0590. The SMILES string of the molecule is COC(=O)c1cc(C2CC2)cnc1Cc1ccc2c(c1)c(-c1cccc(C)c1)cn2C.COC(=O)c1cc(C2CC2)cnc1Cc1ccc2c(c1)c(Br)cn2C. The highest BCUT2D eigenvalue weighted by molar-refractivity contribution is 9.10. The average Bonchev–Trinajstić information content (AvgIpc) is 4.15. The summed E-state index contributed by atoms with van der Waals surface area (Å²) >= 11 is 3.61. The van der Waals surface area contributed by atoms with Crippen LogP contribution in [0, 0.1) is 6.92 Å². The number of hydrogen-bond donors (Lipinski definition) is 0. The van der Waals surface area contributed by atoms with Crippen LogP contribution >= 0.6 is 15.9 Å². The zero-order chi connectivity index (χ0) is 39.1. The number of pyridine rings is 2. The molecule has 0 amide bonds. The molecule has 0 unspecified atom stereocenters. The van der Waals surface area contributed by atoms with E-state index in [9.17, 15) is 9.59 Å². The van der Waals surface area contributed by atoms with Crippen molar-refractivity contribution in [2.45, 2.75) is 57.3 Å².